The fourth-order valence-corrected chi connectivity index (χ4v) is 2.61. The third-order valence-electron chi connectivity index (χ3n) is 3.78. The summed E-state index contributed by atoms with van der Waals surface area (Å²) in [5, 5.41) is 2.71. The summed E-state index contributed by atoms with van der Waals surface area (Å²) in [5.74, 6) is -0.313. The second-order valence-corrected chi connectivity index (χ2v) is 5.61. The molecule has 1 atom stereocenters. The highest BCUT2D eigenvalue weighted by atomic mass is 19.1. The Labute approximate surface area is 138 Å². The molecule has 6 heteroatoms. The summed E-state index contributed by atoms with van der Waals surface area (Å²) in [6.45, 7) is 2.63. The van der Waals surface area contributed by atoms with Crippen LogP contribution in [0.25, 0.3) is 0 Å². The zero-order valence-electron chi connectivity index (χ0n) is 13.1. The number of ether oxygens (including phenoxy) is 2. The summed E-state index contributed by atoms with van der Waals surface area (Å²) < 4.78 is 37.6. The van der Waals surface area contributed by atoms with Crippen LogP contribution in [-0.2, 0) is 11.2 Å². The van der Waals surface area contributed by atoms with E-state index in [1.807, 2.05) is 0 Å². The van der Waals surface area contributed by atoms with Crippen LogP contribution in [0.2, 0.25) is 0 Å². The highest BCUT2D eigenvalue weighted by Gasteiger charge is 2.16. The predicted octanol–water partition coefficient (Wildman–Crippen LogP) is 3.16. The first kappa shape index (κ1) is 16.2. The molecule has 1 amide bonds. The van der Waals surface area contributed by atoms with Gasteiger partial charge in [0.25, 0.3) is 0 Å². The zero-order valence-corrected chi connectivity index (χ0v) is 13.1. The number of amides is 1. The number of carbonyl (C=O) groups is 1. The normalized spacial score (nSPS) is 14.1. The average molecular weight is 333 g/mol. The van der Waals surface area contributed by atoms with Gasteiger partial charge < -0.3 is 14.8 Å². The second kappa shape index (κ2) is 6.86. The maximum absolute atomic E-state index is 13.7. The first-order chi connectivity index (χ1) is 11.5. The Morgan fingerprint density at radius 2 is 1.88 bits per heavy atom. The predicted molar refractivity (Wildman–Crippen MR) is 84.1 cm³/mol. The Morgan fingerprint density at radius 3 is 2.62 bits per heavy atom. The van der Waals surface area contributed by atoms with E-state index in [0.29, 0.717) is 24.7 Å². The molecule has 4 nitrogen and oxygen atoms in total. The maximum Gasteiger partial charge on any atom is 0.224 e. The van der Waals surface area contributed by atoms with Crippen LogP contribution in [0.1, 0.15) is 24.1 Å². The molecule has 0 saturated carbocycles. The molecule has 0 bridgehead atoms. The van der Waals surface area contributed by atoms with Crippen molar-refractivity contribution >= 4 is 5.91 Å². The van der Waals surface area contributed by atoms with Gasteiger partial charge in [0.05, 0.1) is 12.5 Å². The number of hydrogen-bond acceptors (Lipinski definition) is 3. The van der Waals surface area contributed by atoms with Crippen molar-refractivity contribution in [2.45, 2.75) is 19.4 Å². The molecule has 0 fully saturated rings. The number of benzene rings is 2. The van der Waals surface area contributed by atoms with Gasteiger partial charge in [-0.15, -0.1) is 0 Å². The lowest BCUT2D eigenvalue weighted by atomic mass is 10.1. The lowest BCUT2D eigenvalue weighted by Gasteiger charge is -2.19. The molecular weight excluding hydrogens is 316 g/mol. The van der Waals surface area contributed by atoms with Crippen LogP contribution in [0, 0.1) is 11.6 Å². The molecule has 0 saturated heterocycles. The van der Waals surface area contributed by atoms with Gasteiger partial charge in [-0.1, -0.05) is 12.1 Å². The molecule has 3 rings (SSSR count). The van der Waals surface area contributed by atoms with Gasteiger partial charge in [-0.05, 0) is 30.7 Å². The van der Waals surface area contributed by atoms with E-state index >= 15 is 0 Å². The fourth-order valence-electron chi connectivity index (χ4n) is 2.61. The quantitative estimate of drug-likeness (QED) is 0.935. The second-order valence-electron chi connectivity index (χ2n) is 5.61. The van der Waals surface area contributed by atoms with Crippen molar-refractivity contribution in [1.82, 2.24) is 5.32 Å². The van der Waals surface area contributed by atoms with Gasteiger partial charge in [0, 0.05) is 11.6 Å². The number of rotatable bonds is 4. The van der Waals surface area contributed by atoms with Crippen LogP contribution < -0.4 is 14.8 Å². The van der Waals surface area contributed by atoms with Gasteiger partial charge in [-0.3, -0.25) is 4.79 Å². The lowest BCUT2D eigenvalue weighted by molar-refractivity contribution is -0.121. The van der Waals surface area contributed by atoms with Gasteiger partial charge in [0.2, 0.25) is 5.91 Å². The Balaban J connectivity index is 1.65. The van der Waals surface area contributed by atoms with Crippen molar-refractivity contribution < 1.29 is 23.0 Å². The summed E-state index contributed by atoms with van der Waals surface area (Å²) in [4.78, 5) is 12.2. The van der Waals surface area contributed by atoms with E-state index in [0.717, 1.165) is 11.6 Å². The summed E-state index contributed by atoms with van der Waals surface area (Å²) in [7, 11) is 0. The molecule has 0 spiro atoms. The Kier molecular flexibility index (Phi) is 4.64. The third kappa shape index (κ3) is 3.64. The SMILES string of the molecule is C[C@H](NC(=O)Cc1ccc2c(c1)OCCO2)c1ccc(F)cc1F. The van der Waals surface area contributed by atoms with Crippen LogP contribution in [0.3, 0.4) is 0 Å². The Hall–Kier alpha value is -2.63. The van der Waals surface area contributed by atoms with Gasteiger partial charge in [0.1, 0.15) is 24.8 Å². The lowest BCUT2D eigenvalue weighted by Crippen LogP contribution is -2.28. The number of carbonyl (C=O) groups excluding carboxylic acids is 1. The van der Waals surface area contributed by atoms with Crippen molar-refractivity contribution in [3.05, 3.63) is 59.2 Å². The first-order valence-electron chi connectivity index (χ1n) is 7.66. The van der Waals surface area contributed by atoms with Gasteiger partial charge in [-0.2, -0.15) is 0 Å². The van der Waals surface area contributed by atoms with E-state index in [9.17, 15) is 13.6 Å². The summed E-state index contributed by atoms with van der Waals surface area (Å²) >= 11 is 0. The molecule has 2 aromatic rings. The molecule has 2 aromatic carbocycles. The first-order valence-corrected chi connectivity index (χ1v) is 7.66. The molecule has 1 heterocycles. The van der Waals surface area contributed by atoms with E-state index in [4.69, 9.17) is 9.47 Å². The van der Waals surface area contributed by atoms with E-state index in [1.165, 1.54) is 12.1 Å². The standard InChI is InChI=1S/C18H17F2NO3/c1-11(14-4-3-13(19)10-15(14)20)21-18(22)9-12-2-5-16-17(8-12)24-7-6-23-16/h2-5,8,10-11H,6-7,9H2,1H3,(H,21,22)/t11-/m0/s1. The topological polar surface area (TPSA) is 47.6 Å². The van der Waals surface area contributed by atoms with Gasteiger partial charge in [0.15, 0.2) is 11.5 Å². The van der Waals surface area contributed by atoms with Crippen molar-refractivity contribution in [3.8, 4) is 11.5 Å². The minimum absolute atomic E-state index is 0.129. The number of halogens is 2. The van der Waals surface area contributed by atoms with Crippen molar-refractivity contribution in [2.75, 3.05) is 13.2 Å². The van der Waals surface area contributed by atoms with Crippen LogP contribution in [0.5, 0.6) is 11.5 Å². The van der Waals surface area contributed by atoms with Crippen LogP contribution >= 0.6 is 0 Å². The minimum Gasteiger partial charge on any atom is -0.486 e. The molecule has 126 valence electrons. The molecule has 1 aliphatic heterocycles. The van der Waals surface area contributed by atoms with E-state index in [2.05, 4.69) is 5.32 Å². The molecular formula is C18H17F2NO3. The summed E-state index contributed by atoms with van der Waals surface area (Å²) in [5.41, 5.74) is 1.01. The zero-order chi connectivity index (χ0) is 17.1. The Bertz CT molecular complexity index is 764. The van der Waals surface area contributed by atoms with Crippen LogP contribution in [0.15, 0.2) is 36.4 Å². The third-order valence-corrected chi connectivity index (χ3v) is 3.78. The summed E-state index contributed by atoms with van der Waals surface area (Å²) in [6.07, 6.45) is 0.129. The molecule has 0 radical (unpaired) electrons. The van der Waals surface area contributed by atoms with Crippen LogP contribution in [-0.4, -0.2) is 19.1 Å². The van der Waals surface area contributed by atoms with Crippen molar-refractivity contribution in [1.29, 1.82) is 0 Å². The van der Waals surface area contributed by atoms with Crippen molar-refractivity contribution in [2.24, 2.45) is 0 Å². The number of hydrogen-bond donors (Lipinski definition) is 1. The monoisotopic (exact) mass is 333 g/mol. The fraction of sp³-hybridized carbons (Fsp3) is 0.278. The molecule has 24 heavy (non-hydrogen) atoms. The average Bonchev–Trinajstić information content (AvgIpc) is 2.54. The van der Waals surface area contributed by atoms with Gasteiger partial charge >= 0.3 is 0 Å². The smallest absolute Gasteiger partial charge is 0.224 e. The maximum atomic E-state index is 13.7. The highest BCUT2D eigenvalue weighted by molar-refractivity contribution is 5.79. The summed E-state index contributed by atoms with van der Waals surface area (Å²) in [6, 6.07) is 8.06. The van der Waals surface area contributed by atoms with Gasteiger partial charge in [-0.25, -0.2) is 8.78 Å². The van der Waals surface area contributed by atoms with E-state index in [-0.39, 0.29) is 17.9 Å². The van der Waals surface area contributed by atoms with Crippen molar-refractivity contribution in [3.63, 3.8) is 0 Å². The molecule has 1 aliphatic rings. The number of nitrogens with one attached hydrogen (secondary N) is 1. The highest BCUT2D eigenvalue weighted by Crippen LogP contribution is 2.30. The largest absolute Gasteiger partial charge is 0.486 e. The van der Waals surface area contributed by atoms with E-state index < -0.39 is 17.7 Å². The molecule has 0 aromatic heterocycles. The number of fused-ring (bicyclic) bond motifs is 1. The molecule has 0 unspecified atom stereocenters. The minimum atomic E-state index is -0.679. The van der Waals surface area contributed by atoms with E-state index in [1.54, 1.807) is 25.1 Å². The Morgan fingerprint density at radius 1 is 1.12 bits per heavy atom. The van der Waals surface area contributed by atoms with Crippen LogP contribution in [0.4, 0.5) is 8.78 Å². The molecule has 1 N–H and O–H groups in total. The molecule has 0 aliphatic carbocycles.